The number of nitrogens with zero attached hydrogens (tertiary/aromatic N) is 2. The Hall–Kier alpha value is -2.28. The largest absolute Gasteiger partial charge is 0.477 e. The van der Waals surface area contributed by atoms with Crippen LogP contribution in [0.4, 0.5) is 5.13 Å². The number of carboxylic acid groups (broad SMARTS) is 1. The molecule has 1 amide bonds. The van der Waals surface area contributed by atoms with E-state index in [-0.39, 0.29) is 21.8 Å². The van der Waals surface area contributed by atoms with E-state index in [1.807, 2.05) is 13.8 Å². The van der Waals surface area contributed by atoms with Crippen LogP contribution in [0.5, 0.6) is 0 Å². The lowest BCUT2D eigenvalue weighted by atomic mass is 10.1. The summed E-state index contributed by atoms with van der Waals surface area (Å²) in [6.07, 6.45) is 3.51. The predicted octanol–water partition coefficient (Wildman–Crippen LogP) is 2.89. The molecule has 6 nitrogen and oxygen atoms in total. The Kier molecular flexibility index (Phi) is 4.64. The van der Waals surface area contributed by atoms with Crippen molar-refractivity contribution < 1.29 is 14.7 Å². The number of rotatable bonds is 5. The lowest BCUT2D eigenvalue weighted by Gasteiger charge is -2.03. The number of aromatic carboxylic acids is 1. The zero-order valence-electron chi connectivity index (χ0n) is 11.7. The monoisotopic (exact) mass is 305 g/mol. The molecule has 0 bridgehead atoms. The van der Waals surface area contributed by atoms with Crippen molar-refractivity contribution in [1.29, 1.82) is 0 Å². The summed E-state index contributed by atoms with van der Waals surface area (Å²) in [4.78, 5) is 31.3. The Morgan fingerprint density at radius 3 is 2.76 bits per heavy atom. The molecule has 0 saturated carbocycles. The molecule has 0 unspecified atom stereocenters. The first-order chi connectivity index (χ1) is 9.97. The van der Waals surface area contributed by atoms with Gasteiger partial charge in [0.25, 0.3) is 0 Å². The van der Waals surface area contributed by atoms with Crippen molar-refractivity contribution in [2.24, 2.45) is 5.92 Å². The van der Waals surface area contributed by atoms with Crippen LogP contribution in [-0.4, -0.2) is 27.0 Å². The number of pyridine rings is 1. The van der Waals surface area contributed by atoms with Crippen LogP contribution < -0.4 is 5.32 Å². The molecular formula is C14H15N3O3S. The van der Waals surface area contributed by atoms with Gasteiger partial charge in [-0.1, -0.05) is 25.2 Å². The minimum atomic E-state index is -1.07. The van der Waals surface area contributed by atoms with Gasteiger partial charge in [0.1, 0.15) is 4.88 Å². The number of nitrogens with one attached hydrogen (secondary N) is 1. The third-order valence-electron chi connectivity index (χ3n) is 2.60. The quantitative estimate of drug-likeness (QED) is 0.886. The first-order valence-electron chi connectivity index (χ1n) is 6.41. The molecule has 2 aromatic rings. The molecule has 0 aromatic carbocycles. The van der Waals surface area contributed by atoms with Gasteiger partial charge in [0.05, 0.1) is 5.69 Å². The minimum absolute atomic E-state index is 0.0860. The van der Waals surface area contributed by atoms with E-state index in [4.69, 9.17) is 0 Å². The molecule has 110 valence electrons. The number of carbonyl (C=O) groups is 2. The summed E-state index contributed by atoms with van der Waals surface area (Å²) in [6.45, 7) is 3.87. The Bertz CT molecular complexity index is 653. The lowest BCUT2D eigenvalue weighted by molar-refractivity contribution is -0.116. The number of carbonyl (C=O) groups excluding carboxylic acids is 1. The number of anilines is 1. The first-order valence-corrected chi connectivity index (χ1v) is 7.23. The highest BCUT2D eigenvalue weighted by Gasteiger charge is 2.20. The van der Waals surface area contributed by atoms with Crippen molar-refractivity contribution in [2.75, 3.05) is 5.32 Å². The van der Waals surface area contributed by atoms with Gasteiger partial charge in [-0.25, -0.2) is 9.78 Å². The van der Waals surface area contributed by atoms with Crippen LogP contribution in [0.15, 0.2) is 24.5 Å². The van der Waals surface area contributed by atoms with E-state index in [9.17, 15) is 14.7 Å². The van der Waals surface area contributed by atoms with Crippen molar-refractivity contribution in [3.8, 4) is 11.3 Å². The molecule has 2 aromatic heterocycles. The highest BCUT2D eigenvalue weighted by atomic mass is 32.1. The average Bonchev–Trinajstić information content (AvgIpc) is 2.82. The number of amides is 1. The zero-order chi connectivity index (χ0) is 15.4. The summed E-state index contributed by atoms with van der Waals surface area (Å²) in [5, 5.41) is 12.2. The summed E-state index contributed by atoms with van der Waals surface area (Å²) < 4.78 is 0. The Balaban J connectivity index is 2.30. The SMILES string of the molecule is CC(C)CC(=O)Nc1nc(-c2cccnc2)c(C(=O)O)s1. The van der Waals surface area contributed by atoms with Gasteiger partial charge in [-0.2, -0.15) is 0 Å². The maximum Gasteiger partial charge on any atom is 0.348 e. The van der Waals surface area contributed by atoms with Crippen LogP contribution in [0, 0.1) is 5.92 Å². The molecule has 0 saturated heterocycles. The van der Waals surface area contributed by atoms with Gasteiger partial charge >= 0.3 is 5.97 Å². The molecule has 2 heterocycles. The highest BCUT2D eigenvalue weighted by molar-refractivity contribution is 7.18. The van der Waals surface area contributed by atoms with Crippen LogP contribution in [-0.2, 0) is 4.79 Å². The lowest BCUT2D eigenvalue weighted by Crippen LogP contribution is -2.13. The molecule has 7 heteroatoms. The molecule has 0 radical (unpaired) electrons. The Labute approximate surface area is 125 Å². The molecule has 0 aliphatic rings. The maximum atomic E-state index is 11.7. The zero-order valence-corrected chi connectivity index (χ0v) is 12.5. The number of hydrogen-bond acceptors (Lipinski definition) is 5. The summed E-state index contributed by atoms with van der Waals surface area (Å²) in [6, 6.07) is 3.44. The third kappa shape index (κ3) is 3.85. The second-order valence-electron chi connectivity index (χ2n) is 4.89. The number of thiazole rings is 1. The fourth-order valence-electron chi connectivity index (χ4n) is 1.76. The van der Waals surface area contributed by atoms with Gasteiger partial charge in [-0.15, -0.1) is 0 Å². The van der Waals surface area contributed by atoms with Crippen LogP contribution >= 0.6 is 11.3 Å². The Morgan fingerprint density at radius 2 is 2.19 bits per heavy atom. The Morgan fingerprint density at radius 1 is 1.43 bits per heavy atom. The van der Waals surface area contributed by atoms with E-state index in [0.29, 0.717) is 17.7 Å². The number of aromatic nitrogens is 2. The smallest absolute Gasteiger partial charge is 0.348 e. The van der Waals surface area contributed by atoms with E-state index < -0.39 is 5.97 Å². The van der Waals surface area contributed by atoms with Gasteiger partial charge in [-0.05, 0) is 18.1 Å². The van der Waals surface area contributed by atoms with Gasteiger partial charge in [0.2, 0.25) is 5.91 Å². The van der Waals surface area contributed by atoms with Gasteiger partial charge in [-0.3, -0.25) is 9.78 Å². The second kappa shape index (κ2) is 6.45. The van der Waals surface area contributed by atoms with Crippen LogP contribution in [0.2, 0.25) is 0 Å². The molecule has 21 heavy (non-hydrogen) atoms. The van der Waals surface area contributed by atoms with E-state index in [1.54, 1.807) is 24.5 Å². The van der Waals surface area contributed by atoms with Gasteiger partial charge < -0.3 is 10.4 Å². The van der Waals surface area contributed by atoms with Crippen molar-refractivity contribution in [3.05, 3.63) is 29.4 Å². The second-order valence-corrected chi connectivity index (χ2v) is 5.89. The third-order valence-corrected chi connectivity index (χ3v) is 3.56. The minimum Gasteiger partial charge on any atom is -0.477 e. The van der Waals surface area contributed by atoms with E-state index in [0.717, 1.165) is 11.3 Å². The van der Waals surface area contributed by atoms with Crippen LogP contribution in [0.3, 0.4) is 0 Å². The fraction of sp³-hybridized carbons (Fsp3) is 0.286. The molecule has 0 aliphatic heterocycles. The van der Waals surface area contributed by atoms with Crippen LogP contribution in [0.1, 0.15) is 29.9 Å². The van der Waals surface area contributed by atoms with E-state index >= 15 is 0 Å². The van der Waals surface area contributed by atoms with Gasteiger partial charge in [0.15, 0.2) is 5.13 Å². The molecule has 0 atom stereocenters. The topological polar surface area (TPSA) is 92.2 Å². The van der Waals surface area contributed by atoms with Crippen LogP contribution in [0.25, 0.3) is 11.3 Å². The average molecular weight is 305 g/mol. The fourth-order valence-corrected chi connectivity index (χ4v) is 2.60. The maximum absolute atomic E-state index is 11.7. The standard InChI is InChI=1S/C14H15N3O3S/c1-8(2)6-10(18)16-14-17-11(12(21-14)13(19)20)9-4-3-5-15-7-9/h3-5,7-8H,6H2,1-2H3,(H,19,20)(H,16,17,18). The van der Waals surface area contributed by atoms with Crippen molar-refractivity contribution in [2.45, 2.75) is 20.3 Å². The summed E-state index contributed by atoms with van der Waals surface area (Å²) in [5.41, 5.74) is 0.927. The molecule has 0 aliphatic carbocycles. The van der Waals surface area contributed by atoms with E-state index in [1.165, 1.54) is 0 Å². The van der Waals surface area contributed by atoms with Crippen molar-refractivity contribution >= 4 is 28.3 Å². The van der Waals surface area contributed by atoms with Crippen molar-refractivity contribution in [3.63, 3.8) is 0 Å². The van der Waals surface area contributed by atoms with Gasteiger partial charge in [0, 0.05) is 24.4 Å². The molecule has 0 spiro atoms. The molecule has 2 rings (SSSR count). The van der Waals surface area contributed by atoms with Crippen molar-refractivity contribution in [1.82, 2.24) is 9.97 Å². The predicted molar refractivity (Wildman–Crippen MR) is 80.4 cm³/mol. The summed E-state index contributed by atoms with van der Waals surface area (Å²) in [5.74, 6) is -1.02. The molecule has 0 fully saturated rings. The molecule has 2 N–H and O–H groups in total. The van der Waals surface area contributed by atoms with E-state index in [2.05, 4.69) is 15.3 Å². The normalized spacial score (nSPS) is 10.6. The number of carboxylic acids is 1. The molecular weight excluding hydrogens is 290 g/mol. The summed E-state index contributed by atoms with van der Waals surface area (Å²) >= 11 is 0.947. The first kappa shape index (κ1) is 15.1. The summed E-state index contributed by atoms with van der Waals surface area (Å²) in [7, 11) is 0. The highest BCUT2D eigenvalue weighted by Crippen LogP contribution is 2.30. The number of hydrogen-bond donors (Lipinski definition) is 2.